The van der Waals surface area contributed by atoms with Crippen molar-refractivity contribution in [2.24, 2.45) is 13.0 Å². The number of benzene rings is 2. The molecule has 0 radical (unpaired) electrons. The average molecular weight is 406 g/mol. The summed E-state index contributed by atoms with van der Waals surface area (Å²) in [4.78, 5) is 14.9. The molecule has 2 heterocycles. The lowest BCUT2D eigenvalue weighted by molar-refractivity contribution is -0.120. The van der Waals surface area contributed by atoms with Crippen molar-refractivity contribution in [3.63, 3.8) is 0 Å². The zero-order valence-electron chi connectivity index (χ0n) is 17.0. The van der Waals surface area contributed by atoms with E-state index in [0.717, 1.165) is 42.5 Å². The van der Waals surface area contributed by atoms with Gasteiger partial charge in [0.25, 0.3) is 0 Å². The zero-order valence-corrected chi connectivity index (χ0v) is 17.0. The number of aryl methyl sites for hydroxylation is 1. The summed E-state index contributed by atoms with van der Waals surface area (Å²) in [6, 6.07) is 10.1. The lowest BCUT2D eigenvalue weighted by Gasteiger charge is -2.36. The van der Waals surface area contributed by atoms with Gasteiger partial charge in [-0.1, -0.05) is 11.3 Å². The maximum absolute atomic E-state index is 13.8. The van der Waals surface area contributed by atoms with Crippen LogP contribution < -0.4 is 9.64 Å². The van der Waals surface area contributed by atoms with Crippen molar-refractivity contribution >= 4 is 11.6 Å². The maximum Gasteiger partial charge on any atom is 0.230 e. The molecule has 2 aromatic carbocycles. The van der Waals surface area contributed by atoms with Crippen LogP contribution in [-0.2, 0) is 18.3 Å². The van der Waals surface area contributed by atoms with Crippen molar-refractivity contribution in [3.05, 3.63) is 54.0 Å². The van der Waals surface area contributed by atoms with E-state index in [0.29, 0.717) is 17.2 Å². The molecule has 1 unspecified atom stereocenters. The number of fused-ring (bicyclic) bond motifs is 1. The van der Waals surface area contributed by atoms with Crippen LogP contribution in [0.2, 0.25) is 0 Å². The summed E-state index contributed by atoms with van der Waals surface area (Å²) >= 11 is 0. The summed E-state index contributed by atoms with van der Waals surface area (Å²) in [6.45, 7) is 2.09. The molecule has 30 heavy (non-hydrogen) atoms. The molecule has 7 heteroatoms. The molecule has 1 aliphatic heterocycles. The predicted octanol–water partition coefficient (Wildman–Crippen LogP) is 4.49. The standard InChI is InChI=1S/C23H23FN4O2/c1-14-6-9-19-21(28(14)23(29)15-7-8-15)11-10-18(20-13-27(2)26-25-20)22(19)30-17-5-3-4-16(24)12-17/h3-5,10-15H,6-9H2,1-2H3. The van der Waals surface area contributed by atoms with Crippen molar-refractivity contribution in [2.75, 3.05) is 4.90 Å². The van der Waals surface area contributed by atoms with Crippen LogP contribution in [0, 0.1) is 11.7 Å². The predicted molar refractivity (Wildman–Crippen MR) is 111 cm³/mol. The third-order valence-electron chi connectivity index (χ3n) is 5.81. The van der Waals surface area contributed by atoms with Crippen LogP contribution in [0.15, 0.2) is 42.6 Å². The summed E-state index contributed by atoms with van der Waals surface area (Å²) in [5.41, 5.74) is 3.28. The number of aromatic nitrogens is 3. The molecule has 0 bridgehead atoms. The number of hydrogen-bond acceptors (Lipinski definition) is 4. The van der Waals surface area contributed by atoms with Crippen LogP contribution in [0.5, 0.6) is 11.5 Å². The van der Waals surface area contributed by atoms with Crippen molar-refractivity contribution in [2.45, 2.75) is 38.6 Å². The smallest absolute Gasteiger partial charge is 0.230 e. The Bertz CT molecular complexity index is 1120. The number of halogens is 1. The first kappa shape index (κ1) is 18.8. The lowest BCUT2D eigenvalue weighted by atomic mass is 9.92. The summed E-state index contributed by atoms with van der Waals surface area (Å²) in [6.07, 6.45) is 5.35. The monoisotopic (exact) mass is 406 g/mol. The number of carbonyl (C=O) groups is 1. The van der Waals surface area contributed by atoms with E-state index in [-0.39, 0.29) is 23.7 Å². The van der Waals surface area contributed by atoms with Gasteiger partial charge in [0.2, 0.25) is 5.91 Å². The zero-order chi connectivity index (χ0) is 20.8. The highest BCUT2D eigenvalue weighted by Crippen LogP contribution is 2.45. The molecule has 2 aliphatic rings. The minimum atomic E-state index is -0.363. The number of ether oxygens (including phenoxy) is 1. The molecule has 154 valence electrons. The summed E-state index contributed by atoms with van der Waals surface area (Å²) < 4.78 is 21.7. The van der Waals surface area contributed by atoms with Gasteiger partial charge in [-0.15, -0.1) is 5.10 Å². The maximum atomic E-state index is 13.8. The second kappa shape index (κ2) is 7.23. The molecule has 5 rings (SSSR count). The number of anilines is 1. The van der Waals surface area contributed by atoms with Gasteiger partial charge in [0.1, 0.15) is 23.0 Å². The van der Waals surface area contributed by atoms with Crippen LogP contribution >= 0.6 is 0 Å². The normalized spacial score (nSPS) is 18.2. The Hall–Kier alpha value is -3.22. The van der Waals surface area contributed by atoms with Crippen LogP contribution in [0.25, 0.3) is 11.3 Å². The first-order valence-electron chi connectivity index (χ1n) is 10.3. The van der Waals surface area contributed by atoms with Gasteiger partial charge < -0.3 is 9.64 Å². The number of hydrogen-bond donors (Lipinski definition) is 0. The minimum Gasteiger partial charge on any atom is -0.456 e. The van der Waals surface area contributed by atoms with Gasteiger partial charge in [0.05, 0.1) is 11.9 Å². The number of carbonyl (C=O) groups excluding carboxylic acids is 1. The Morgan fingerprint density at radius 1 is 1.20 bits per heavy atom. The van der Waals surface area contributed by atoms with Crippen LogP contribution in [0.4, 0.5) is 10.1 Å². The van der Waals surface area contributed by atoms with E-state index < -0.39 is 0 Å². The quantitative estimate of drug-likeness (QED) is 0.641. The third-order valence-corrected chi connectivity index (χ3v) is 5.81. The van der Waals surface area contributed by atoms with Crippen LogP contribution in [-0.4, -0.2) is 26.9 Å². The molecule has 1 aromatic heterocycles. The van der Waals surface area contributed by atoms with Gasteiger partial charge in [-0.05, 0) is 56.9 Å². The average Bonchev–Trinajstić information content (AvgIpc) is 3.49. The van der Waals surface area contributed by atoms with Gasteiger partial charge >= 0.3 is 0 Å². The molecule has 0 spiro atoms. The van der Waals surface area contributed by atoms with Crippen molar-refractivity contribution in [1.82, 2.24) is 15.0 Å². The SMILES string of the molecule is CC1CCc2c(ccc(-c3cn(C)nn3)c2Oc2cccc(F)c2)N1C(=O)C1CC1. The van der Waals surface area contributed by atoms with E-state index in [9.17, 15) is 9.18 Å². The fourth-order valence-electron chi connectivity index (χ4n) is 4.10. The lowest BCUT2D eigenvalue weighted by Crippen LogP contribution is -2.43. The Balaban J connectivity index is 1.65. The topological polar surface area (TPSA) is 60.2 Å². The first-order chi connectivity index (χ1) is 14.5. The number of nitrogens with zero attached hydrogens (tertiary/aromatic N) is 4. The molecule has 1 aliphatic carbocycles. The van der Waals surface area contributed by atoms with Gasteiger partial charge in [-0.3, -0.25) is 9.48 Å². The van der Waals surface area contributed by atoms with E-state index in [1.54, 1.807) is 23.9 Å². The molecule has 3 aromatic rings. The van der Waals surface area contributed by atoms with Crippen molar-refractivity contribution < 1.29 is 13.9 Å². The summed E-state index contributed by atoms with van der Waals surface area (Å²) in [5, 5.41) is 8.28. The summed E-state index contributed by atoms with van der Waals surface area (Å²) in [5.74, 6) is 0.974. The first-order valence-corrected chi connectivity index (χ1v) is 10.3. The molecule has 1 atom stereocenters. The Morgan fingerprint density at radius 3 is 2.73 bits per heavy atom. The second-order valence-corrected chi connectivity index (χ2v) is 8.15. The molecule has 1 saturated carbocycles. The van der Waals surface area contributed by atoms with E-state index in [1.807, 2.05) is 23.2 Å². The Kier molecular flexibility index (Phi) is 4.53. The Morgan fingerprint density at radius 2 is 2.03 bits per heavy atom. The van der Waals surface area contributed by atoms with Crippen molar-refractivity contribution in [3.8, 4) is 22.8 Å². The van der Waals surface area contributed by atoms with Gasteiger partial charge in [0.15, 0.2) is 0 Å². The molecule has 0 N–H and O–H groups in total. The van der Waals surface area contributed by atoms with Crippen LogP contribution in [0.1, 0.15) is 31.7 Å². The molecule has 1 fully saturated rings. The highest BCUT2D eigenvalue weighted by molar-refractivity contribution is 5.99. The molecular weight excluding hydrogens is 383 g/mol. The number of amides is 1. The minimum absolute atomic E-state index is 0.130. The van der Waals surface area contributed by atoms with Crippen LogP contribution in [0.3, 0.4) is 0 Å². The third kappa shape index (κ3) is 3.34. The van der Waals surface area contributed by atoms with Gasteiger partial charge in [-0.2, -0.15) is 0 Å². The van der Waals surface area contributed by atoms with E-state index in [2.05, 4.69) is 17.2 Å². The van der Waals surface area contributed by atoms with E-state index in [4.69, 9.17) is 4.74 Å². The van der Waals surface area contributed by atoms with Gasteiger partial charge in [-0.25, -0.2) is 4.39 Å². The van der Waals surface area contributed by atoms with E-state index in [1.165, 1.54) is 12.1 Å². The summed E-state index contributed by atoms with van der Waals surface area (Å²) in [7, 11) is 1.81. The highest BCUT2D eigenvalue weighted by Gasteiger charge is 2.39. The van der Waals surface area contributed by atoms with E-state index >= 15 is 0 Å². The number of rotatable bonds is 4. The Labute approximate surface area is 174 Å². The molecule has 1 amide bonds. The fourth-order valence-corrected chi connectivity index (χ4v) is 4.10. The van der Waals surface area contributed by atoms with Crippen molar-refractivity contribution in [1.29, 1.82) is 0 Å². The largest absolute Gasteiger partial charge is 0.456 e. The highest BCUT2D eigenvalue weighted by atomic mass is 19.1. The fraction of sp³-hybridized carbons (Fsp3) is 0.348. The molecule has 0 saturated heterocycles. The van der Waals surface area contributed by atoms with Gasteiger partial charge in [0, 0.05) is 36.2 Å². The molecular formula is C23H23FN4O2. The second-order valence-electron chi connectivity index (χ2n) is 8.15. The molecule has 6 nitrogen and oxygen atoms in total.